The molecule has 0 aliphatic carbocycles. The van der Waals surface area contributed by atoms with Crippen LogP contribution in [0, 0.1) is 0 Å². The van der Waals surface area contributed by atoms with Gasteiger partial charge in [-0.1, -0.05) is 241 Å². The maximum absolute atomic E-state index is 12.8. The standard InChI is InChI=1S/C57H98O6/c1-4-7-10-13-16-19-22-25-27-28-29-30-33-35-38-41-44-47-50-56(59)62-53-54(52-61-55(58)49-46-43-40-37-34-31-24-21-18-15-12-9-6-3)63-57(60)51-48-45-42-39-36-32-26-23-20-17-14-11-8-5-2/h9,12,15,18,21,24,27-31,34,54H,4-8,10-11,13-14,16-17,19-20,22-23,25-26,32-33,35-53H2,1-3H3/b12-9-,18-15-,24-21-,28-27-,30-29-,34-31-. The van der Waals surface area contributed by atoms with Crippen molar-refractivity contribution in [3.05, 3.63) is 72.9 Å². The van der Waals surface area contributed by atoms with Gasteiger partial charge in [-0.3, -0.25) is 14.4 Å². The first kappa shape index (κ1) is 59.9. The zero-order chi connectivity index (χ0) is 45.8. The van der Waals surface area contributed by atoms with E-state index in [0.717, 1.165) is 89.9 Å². The summed E-state index contributed by atoms with van der Waals surface area (Å²) < 4.78 is 16.8. The van der Waals surface area contributed by atoms with E-state index in [1.165, 1.54) is 122 Å². The Morgan fingerprint density at radius 3 is 1.00 bits per heavy atom. The topological polar surface area (TPSA) is 78.9 Å². The molecule has 0 rings (SSSR count). The predicted octanol–water partition coefficient (Wildman–Crippen LogP) is 17.4. The predicted molar refractivity (Wildman–Crippen MR) is 270 cm³/mol. The van der Waals surface area contributed by atoms with Crippen molar-refractivity contribution < 1.29 is 28.6 Å². The molecule has 0 radical (unpaired) electrons. The minimum absolute atomic E-state index is 0.0948. The number of allylic oxidation sites excluding steroid dienone is 12. The van der Waals surface area contributed by atoms with Gasteiger partial charge in [0.05, 0.1) is 0 Å². The molecule has 362 valence electrons. The molecule has 0 aromatic heterocycles. The summed E-state index contributed by atoms with van der Waals surface area (Å²) >= 11 is 0. The fourth-order valence-corrected chi connectivity index (χ4v) is 7.33. The lowest BCUT2D eigenvalue weighted by Crippen LogP contribution is -2.30. The largest absolute Gasteiger partial charge is 0.462 e. The molecule has 0 bridgehead atoms. The summed E-state index contributed by atoms with van der Waals surface area (Å²) in [5, 5.41) is 0. The van der Waals surface area contributed by atoms with Gasteiger partial charge in [-0.15, -0.1) is 0 Å². The number of carbonyl (C=O) groups is 3. The Hall–Kier alpha value is -3.15. The number of rotatable bonds is 47. The van der Waals surface area contributed by atoms with Crippen LogP contribution in [0.15, 0.2) is 72.9 Å². The summed E-state index contributed by atoms with van der Waals surface area (Å²) in [5.41, 5.74) is 0. The van der Waals surface area contributed by atoms with E-state index >= 15 is 0 Å². The van der Waals surface area contributed by atoms with Crippen LogP contribution in [-0.2, 0) is 28.6 Å². The highest BCUT2D eigenvalue weighted by Gasteiger charge is 2.19. The van der Waals surface area contributed by atoms with E-state index in [4.69, 9.17) is 14.2 Å². The van der Waals surface area contributed by atoms with Crippen molar-refractivity contribution in [2.24, 2.45) is 0 Å². The van der Waals surface area contributed by atoms with Gasteiger partial charge in [0, 0.05) is 19.3 Å². The lowest BCUT2D eigenvalue weighted by molar-refractivity contribution is -0.167. The van der Waals surface area contributed by atoms with Crippen LogP contribution in [0.1, 0.15) is 252 Å². The number of ether oxygens (including phenoxy) is 3. The third-order valence-electron chi connectivity index (χ3n) is 11.3. The smallest absolute Gasteiger partial charge is 0.306 e. The van der Waals surface area contributed by atoms with E-state index in [-0.39, 0.29) is 31.1 Å². The lowest BCUT2D eigenvalue weighted by Gasteiger charge is -2.18. The molecule has 1 unspecified atom stereocenters. The molecule has 0 aromatic carbocycles. The maximum atomic E-state index is 12.8. The molecule has 0 fully saturated rings. The van der Waals surface area contributed by atoms with E-state index in [1.54, 1.807) is 0 Å². The van der Waals surface area contributed by atoms with E-state index in [1.807, 2.05) is 36.5 Å². The summed E-state index contributed by atoms with van der Waals surface area (Å²) in [6.07, 6.45) is 64.6. The summed E-state index contributed by atoms with van der Waals surface area (Å²) in [5.74, 6) is -0.944. The van der Waals surface area contributed by atoms with Crippen LogP contribution >= 0.6 is 0 Å². The Morgan fingerprint density at radius 2 is 0.619 bits per heavy atom. The quantitative estimate of drug-likeness (QED) is 0.0262. The lowest BCUT2D eigenvalue weighted by atomic mass is 10.0. The second-order valence-electron chi connectivity index (χ2n) is 17.5. The molecule has 0 amide bonds. The Labute approximate surface area is 389 Å². The number of esters is 3. The maximum Gasteiger partial charge on any atom is 0.306 e. The van der Waals surface area contributed by atoms with Crippen molar-refractivity contribution in [3.63, 3.8) is 0 Å². The van der Waals surface area contributed by atoms with Gasteiger partial charge in [-0.2, -0.15) is 0 Å². The van der Waals surface area contributed by atoms with Gasteiger partial charge in [0.25, 0.3) is 0 Å². The Kier molecular flexibility index (Phi) is 48.9. The fourth-order valence-electron chi connectivity index (χ4n) is 7.33. The summed E-state index contributed by atoms with van der Waals surface area (Å²) in [6.45, 7) is 6.45. The van der Waals surface area contributed by atoms with E-state index in [2.05, 4.69) is 57.2 Å². The molecular weight excluding hydrogens is 781 g/mol. The normalized spacial score (nSPS) is 12.6. The molecule has 0 heterocycles. The molecular formula is C57H98O6. The Morgan fingerprint density at radius 1 is 0.333 bits per heavy atom. The molecule has 0 N–H and O–H groups in total. The Balaban J connectivity index is 4.43. The fraction of sp³-hybridized carbons (Fsp3) is 0.737. The summed E-state index contributed by atoms with van der Waals surface area (Å²) in [7, 11) is 0. The van der Waals surface area contributed by atoms with Crippen molar-refractivity contribution >= 4 is 17.9 Å². The highest BCUT2D eigenvalue weighted by Crippen LogP contribution is 2.15. The number of hydrogen-bond acceptors (Lipinski definition) is 6. The van der Waals surface area contributed by atoms with Crippen LogP contribution in [0.25, 0.3) is 0 Å². The van der Waals surface area contributed by atoms with Gasteiger partial charge < -0.3 is 14.2 Å². The number of hydrogen-bond donors (Lipinski definition) is 0. The minimum atomic E-state index is -0.795. The highest BCUT2D eigenvalue weighted by molar-refractivity contribution is 5.71. The van der Waals surface area contributed by atoms with Crippen LogP contribution < -0.4 is 0 Å². The Bertz CT molecular complexity index is 1190. The zero-order valence-corrected chi connectivity index (χ0v) is 41.3. The van der Waals surface area contributed by atoms with Crippen molar-refractivity contribution in [3.8, 4) is 0 Å². The van der Waals surface area contributed by atoms with Gasteiger partial charge in [0.2, 0.25) is 0 Å². The van der Waals surface area contributed by atoms with Crippen LogP contribution in [0.5, 0.6) is 0 Å². The molecule has 0 spiro atoms. The van der Waals surface area contributed by atoms with Gasteiger partial charge in [0.1, 0.15) is 13.2 Å². The first-order valence-corrected chi connectivity index (χ1v) is 26.5. The second kappa shape index (κ2) is 51.5. The van der Waals surface area contributed by atoms with E-state index in [0.29, 0.717) is 19.3 Å². The molecule has 0 aromatic rings. The van der Waals surface area contributed by atoms with Crippen LogP contribution in [-0.4, -0.2) is 37.2 Å². The van der Waals surface area contributed by atoms with Crippen LogP contribution in [0.2, 0.25) is 0 Å². The third-order valence-corrected chi connectivity index (χ3v) is 11.3. The molecule has 0 aliphatic rings. The van der Waals surface area contributed by atoms with Gasteiger partial charge in [-0.05, 0) is 64.2 Å². The van der Waals surface area contributed by atoms with E-state index in [9.17, 15) is 14.4 Å². The average molecular weight is 879 g/mol. The van der Waals surface area contributed by atoms with Gasteiger partial charge >= 0.3 is 17.9 Å². The summed E-state index contributed by atoms with van der Waals surface area (Å²) in [4.78, 5) is 38.0. The molecule has 6 heteroatoms. The molecule has 0 saturated heterocycles. The molecule has 63 heavy (non-hydrogen) atoms. The van der Waals surface area contributed by atoms with Crippen molar-refractivity contribution in [1.29, 1.82) is 0 Å². The first-order valence-electron chi connectivity index (χ1n) is 26.5. The van der Waals surface area contributed by atoms with Gasteiger partial charge in [0.15, 0.2) is 6.10 Å². The second-order valence-corrected chi connectivity index (χ2v) is 17.5. The van der Waals surface area contributed by atoms with Crippen LogP contribution in [0.4, 0.5) is 0 Å². The molecule has 6 nitrogen and oxygen atoms in total. The number of carbonyl (C=O) groups excluding carboxylic acids is 3. The molecule has 0 saturated carbocycles. The minimum Gasteiger partial charge on any atom is -0.462 e. The number of unbranched alkanes of at least 4 members (excludes halogenated alkanes) is 28. The van der Waals surface area contributed by atoms with E-state index < -0.39 is 6.10 Å². The van der Waals surface area contributed by atoms with Gasteiger partial charge in [-0.25, -0.2) is 0 Å². The zero-order valence-electron chi connectivity index (χ0n) is 41.3. The SMILES string of the molecule is CC\C=C/C=C\C=C/C=C\CCCCCC(=O)OCC(COC(=O)CCCCCCC/C=C\C=C/CCCCCCCCC)OC(=O)CCCCCCCCCCCCCCCC. The monoisotopic (exact) mass is 879 g/mol. The molecule has 0 aliphatic heterocycles. The first-order chi connectivity index (χ1) is 31.0. The highest BCUT2D eigenvalue weighted by atomic mass is 16.6. The van der Waals surface area contributed by atoms with Crippen molar-refractivity contribution in [1.82, 2.24) is 0 Å². The molecule has 1 atom stereocenters. The van der Waals surface area contributed by atoms with Crippen molar-refractivity contribution in [2.75, 3.05) is 13.2 Å². The van der Waals surface area contributed by atoms with Crippen molar-refractivity contribution in [2.45, 2.75) is 258 Å². The third kappa shape index (κ3) is 49.7. The van der Waals surface area contributed by atoms with Crippen LogP contribution in [0.3, 0.4) is 0 Å². The summed E-state index contributed by atoms with van der Waals surface area (Å²) in [6, 6.07) is 0. The average Bonchev–Trinajstić information content (AvgIpc) is 3.28.